The van der Waals surface area contributed by atoms with Crippen molar-refractivity contribution in [2.24, 2.45) is 5.92 Å². The van der Waals surface area contributed by atoms with Gasteiger partial charge in [0.05, 0.1) is 11.4 Å². The second-order valence-corrected chi connectivity index (χ2v) is 8.97. The van der Waals surface area contributed by atoms with E-state index in [9.17, 15) is 5.11 Å². The van der Waals surface area contributed by atoms with Crippen LogP contribution in [0.1, 0.15) is 25.1 Å². The van der Waals surface area contributed by atoms with Gasteiger partial charge in [-0.05, 0) is 79.4 Å². The van der Waals surface area contributed by atoms with E-state index in [1.54, 1.807) is 30.1 Å². The van der Waals surface area contributed by atoms with Crippen LogP contribution in [0.2, 0.25) is 0 Å². The molecule has 152 valence electrons. The van der Waals surface area contributed by atoms with E-state index >= 15 is 0 Å². The maximum atomic E-state index is 9.54. The van der Waals surface area contributed by atoms with Gasteiger partial charge in [0.1, 0.15) is 5.75 Å². The first kappa shape index (κ1) is 20.2. The highest BCUT2D eigenvalue weighted by atomic mass is 32.2. The van der Waals surface area contributed by atoms with Gasteiger partial charge in [-0.25, -0.2) is 9.97 Å². The molecule has 0 aliphatic heterocycles. The fraction of sp³-hybridized carbons (Fsp3) is 0.200. The van der Waals surface area contributed by atoms with Crippen LogP contribution in [-0.2, 0) is 6.42 Å². The largest absolute Gasteiger partial charge is 0.508 e. The van der Waals surface area contributed by atoms with E-state index in [2.05, 4.69) is 61.4 Å². The molecule has 0 spiro atoms. The first-order valence-electron chi connectivity index (χ1n) is 10.1. The summed E-state index contributed by atoms with van der Waals surface area (Å²) in [5, 5.41) is 14.1. The lowest BCUT2D eigenvalue weighted by Crippen LogP contribution is -2.00. The molecular weight excluding hydrogens is 390 g/mol. The number of anilines is 2. The number of hydrogen-bond acceptors (Lipinski definition) is 5. The SMILES string of the molecule is Cc1ccc(Sc2ccc(O)cc2)c(Nc2ccnc3nc(CC(C)C)ccc23)c1. The maximum Gasteiger partial charge on any atom is 0.161 e. The number of aryl methyl sites for hydroxylation is 1. The molecule has 4 rings (SSSR count). The van der Waals surface area contributed by atoms with E-state index in [0.717, 1.165) is 44.3 Å². The van der Waals surface area contributed by atoms with E-state index in [0.29, 0.717) is 5.92 Å². The minimum atomic E-state index is 0.272. The van der Waals surface area contributed by atoms with Crippen LogP contribution in [0.3, 0.4) is 0 Å². The van der Waals surface area contributed by atoms with Crippen LogP contribution >= 0.6 is 11.8 Å². The minimum absolute atomic E-state index is 0.272. The lowest BCUT2D eigenvalue weighted by molar-refractivity contribution is 0.475. The fourth-order valence-electron chi connectivity index (χ4n) is 3.33. The molecule has 0 unspecified atom stereocenters. The summed E-state index contributed by atoms with van der Waals surface area (Å²) < 4.78 is 0. The van der Waals surface area contributed by atoms with Gasteiger partial charge in [-0.1, -0.05) is 31.7 Å². The molecule has 2 aromatic carbocycles. The van der Waals surface area contributed by atoms with Crippen LogP contribution in [0.25, 0.3) is 11.0 Å². The molecule has 0 fully saturated rings. The molecule has 0 radical (unpaired) electrons. The van der Waals surface area contributed by atoms with Crippen molar-refractivity contribution in [2.45, 2.75) is 37.0 Å². The van der Waals surface area contributed by atoms with Crippen molar-refractivity contribution in [3.63, 3.8) is 0 Å². The number of benzene rings is 2. The molecule has 2 heterocycles. The predicted molar refractivity (Wildman–Crippen MR) is 125 cm³/mol. The van der Waals surface area contributed by atoms with Gasteiger partial charge in [0.25, 0.3) is 0 Å². The lowest BCUT2D eigenvalue weighted by atomic mass is 10.1. The third kappa shape index (κ3) is 4.74. The number of nitrogens with zero attached hydrogens (tertiary/aromatic N) is 2. The summed E-state index contributed by atoms with van der Waals surface area (Å²) in [4.78, 5) is 11.4. The summed E-state index contributed by atoms with van der Waals surface area (Å²) in [6.07, 6.45) is 2.75. The van der Waals surface area contributed by atoms with Crippen LogP contribution < -0.4 is 5.32 Å². The average molecular weight is 416 g/mol. The molecular formula is C25H25N3OS. The smallest absolute Gasteiger partial charge is 0.161 e. The summed E-state index contributed by atoms with van der Waals surface area (Å²) in [7, 11) is 0. The third-order valence-corrected chi connectivity index (χ3v) is 5.83. The van der Waals surface area contributed by atoms with Crippen molar-refractivity contribution in [2.75, 3.05) is 5.32 Å². The highest BCUT2D eigenvalue weighted by Gasteiger charge is 2.10. The van der Waals surface area contributed by atoms with Crippen LogP contribution in [0.5, 0.6) is 5.75 Å². The highest BCUT2D eigenvalue weighted by molar-refractivity contribution is 7.99. The summed E-state index contributed by atoms with van der Waals surface area (Å²) in [5.74, 6) is 0.831. The summed E-state index contributed by atoms with van der Waals surface area (Å²) in [6.45, 7) is 6.48. The van der Waals surface area contributed by atoms with Crippen molar-refractivity contribution < 1.29 is 5.11 Å². The van der Waals surface area contributed by atoms with Gasteiger partial charge in [0.2, 0.25) is 0 Å². The normalized spacial score (nSPS) is 11.2. The number of phenols is 1. The van der Waals surface area contributed by atoms with Crippen LogP contribution in [0.4, 0.5) is 11.4 Å². The first-order valence-corrected chi connectivity index (χ1v) is 10.9. The number of aromatic nitrogens is 2. The lowest BCUT2D eigenvalue weighted by Gasteiger charge is -2.15. The molecule has 0 atom stereocenters. The number of aromatic hydroxyl groups is 1. The standard InChI is InChI=1S/C25H25N3OS/c1-16(2)14-18-5-10-21-22(12-13-26-25(21)27-18)28-23-15-17(3)4-11-24(23)30-20-8-6-19(29)7-9-20/h4-13,15-16,29H,14H2,1-3H3,(H,26,27,28). The molecule has 0 aliphatic rings. The molecule has 4 aromatic rings. The Kier molecular flexibility index (Phi) is 5.91. The molecule has 2 aromatic heterocycles. The molecule has 0 saturated heterocycles. The van der Waals surface area contributed by atoms with Gasteiger partial charge < -0.3 is 10.4 Å². The number of pyridine rings is 2. The molecule has 4 nitrogen and oxygen atoms in total. The fourth-order valence-corrected chi connectivity index (χ4v) is 4.21. The zero-order chi connectivity index (χ0) is 21.1. The van der Waals surface area contributed by atoms with Crippen molar-refractivity contribution in [3.8, 4) is 5.75 Å². The van der Waals surface area contributed by atoms with Crippen molar-refractivity contribution in [3.05, 3.63) is 78.1 Å². The van der Waals surface area contributed by atoms with Crippen molar-refractivity contribution in [1.29, 1.82) is 0 Å². The van der Waals surface area contributed by atoms with E-state index in [1.807, 2.05) is 18.2 Å². The molecule has 5 heteroatoms. The zero-order valence-electron chi connectivity index (χ0n) is 17.4. The Morgan fingerprint density at radius 3 is 2.53 bits per heavy atom. The topological polar surface area (TPSA) is 58.0 Å². The molecule has 30 heavy (non-hydrogen) atoms. The zero-order valence-corrected chi connectivity index (χ0v) is 18.2. The molecule has 0 bridgehead atoms. The molecule has 0 amide bonds. The number of nitrogens with one attached hydrogen (secondary N) is 1. The Morgan fingerprint density at radius 2 is 1.77 bits per heavy atom. The van der Waals surface area contributed by atoms with Gasteiger partial charge in [-0.15, -0.1) is 0 Å². The molecule has 0 saturated carbocycles. The predicted octanol–water partition coefficient (Wildman–Crippen LogP) is 6.74. The average Bonchev–Trinajstić information content (AvgIpc) is 2.71. The van der Waals surface area contributed by atoms with Gasteiger partial charge in [0.15, 0.2) is 5.65 Å². The van der Waals surface area contributed by atoms with Gasteiger partial charge >= 0.3 is 0 Å². The Labute approximate surface area is 181 Å². The van der Waals surface area contributed by atoms with Crippen LogP contribution in [-0.4, -0.2) is 15.1 Å². The monoisotopic (exact) mass is 415 g/mol. The van der Waals surface area contributed by atoms with Crippen molar-refractivity contribution in [1.82, 2.24) is 9.97 Å². The number of hydrogen-bond donors (Lipinski definition) is 2. The van der Waals surface area contributed by atoms with Gasteiger partial charge in [0, 0.05) is 27.1 Å². The van der Waals surface area contributed by atoms with E-state index in [1.165, 1.54) is 5.56 Å². The summed E-state index contributed by atoms with van der Waals surface area (Å²) >= 11 is 1.66. The van der Waals surface area contributed by atoms with Crippen LogP contribution in [0.15, 0.2) is 76.7 Å². The molecule has 0 aliphatic carbocycles. The Bertz CT molecular complexity index is 1170. The molecule has 2 N–H and O–H groups in total. The quantitative estimate of drug-likeness (QED) is 0.365. The van der Waals surface area contributed by atoms with Crippen molar-refractivity contribution >= 4 is 34.2 Å². The Hall–Kier alpha value is -3.05. The second-order valence-electron chi connectivity index (χ2n) is 7.85. The van der Waals surface area contributed by atoms with Gasteiger partial charge in [-0.2, -0.15) is 0 Å². The number of phenolic OH excluding ortho intramolecular Hbond substituents is 1. The Morgan fingerprint density at radius 1 is 0.967 bits per heavy atom. The first-order chi connectivity index (χ1) is 14.5. The van der Waals surface area contributed by atoms with E-state index < -0.39 is 0 Å². The number of rotatable bonds is 6. The number of fused-ring (bicyclic) bond motifs is 1. The van der Waals surface area contributed by atoms with Crippen LogP contribution in [0, 0.1) is 12.8 Å². The highest BCUT2D eigenvalue weighted by Crippen LogP contribution is 2.37. The maximum absolute atomic E-state index is 9.54. The second kappa shape index (κ2) is 8.76. The summed E-state index contributed by atoms with van der Waals surface area (Å²) in [5.41, 5.74) is 5.04. The van der Waals surface area contributed by atoms with Gasteiger partial charge in [-0.3, -0.25) is 0 Å². The summed E-state index contributed by atoms with van der Waals surface area (Å²) in [6, 6.07) is 19.8. The Balaban J connectivity index is 1.67. The van der Waals surface area contributed by atoms with E-state index in [4.69, 9.17) is 4.98 Å². The third-order valence-electron chi connectivity index (χ3n) is 4.75. The minimum Gasteiger partial charge on any atom is -0.508 e. The van der Waals surface area contributed by atoms with E-state index in [-0.39, 0.29) is 5.75 Å².